The summed E-state index contributed by atoms with van der Waals surface area (Å²) in [4.78, 5) is 13.2. The molecule has 3 atom stereocenters. The van der Waals surface area contributed by atoms with E-state index in [2.05, 4.69) is 5.10 Å². The van der Waals surface area contributed by atoms with Crippen molar-refractivity contribution in [3.05, 3.63) is 47.8 Å². The Labute approximate surface area is 163 Å². The van der Waals surface area contributed by atoms with E-state index in [0.29, 0.717) is 19.0 Å². The predicted octanol–water partition coefficient (Wildman–Crippen LogP) is 3.42. The van der Waals surface area contributed by atoms with Crippen LogP contribution in [0.3, 0.4) is 0 Å². The maximum atomic E-state index is 14.2. The lowest BCUT2D eigenvalue weighted by atomic mass is 9.83. The molecule has 1 amide bonds. The number of nitrogens with zero attached hydrogens (tertiary/aromatic N) is 3. The van der Waals surface area contributed by atoms with Crippen molar-refractivity contribution < 1.29 is 31.9 Å². The van der Waals surface area contributed by atoms with Crippen molar-refractivity contribution in [2.24, 2.45) is 5.92 Å². The monoisotopic (exact) mass is 417 g/mol. The number of carbonyl (C=O) groups excluding carboxylic acids is 1. The van der Waals surface area contributed by atoms with Crippen LogP contribution in [0.1, 0.15) is 31.9 Å². The van der Waals surface area contributed by atoms with Crippen molar-refractivity contribution >= 4 is 5.91 Å². The SMILES string of the molecule is C[C@@H]1CN(C(=O)[C@@](C)(O)C(F)(F)F)CC[C@@H]1c1ccnn1-c1ccc(F)cc1F. The van der Waals surface area contributed by atoms with Crippen LogP contribution in [0.2, 0.25) is 0 Å². The zero-order valence-electron chi connectivity index (χ0n) is 15.7. The summed E-state index contributed by atoms with van der Waals surface area (Å²) in [6.45, 7) is 2.19. The number of alkyl halides is 3. The molecular weight excluding hydrogens is 397 g/mol. The van der Waals surface area contributed by atoms with Crippen molar-refractivity contribution in [2.45, 2.75) is 38.0 Å². The van der Waals surface area contributed by atoms with Crippen LogP contribution < -0.4 is 0 Å². The number of likely N-dealkylation sites (tertiary alicyclic amines) is 1. The number of aromatic nitrogens is 2. The van der Waals surface area contributed by atoms with Gasteiger partial charge in [-0.1, -0.05) is 6.92 Å². The molecule has 0 radical (unpaired) electrons. The van der Waals surface area contributed by atoms with E-state index in [1.165, 1.54) is 16.9 Å². The Morgan fingerprint density at radius 2 is 1.93 bits per heavy atom. The number of carbonyl (C=O) groups is 1. The minimum Gasteiger partial charge on any atom is -0.373 e. The van der Waals surface area contributed by atoms with Crippen molar-refractivity contribution in [3.8, 4) is 5.69 Å². The minimum absolute atomic E-state index is 0.00283. The van der Waals surface area contributed by atoms with Crippen LogP contribution in [-0.2, 0) is 4.79 Å². The fourth-order valence-corrected chi connectivity index (χ4v) is 3.65. The molecular formula is C19H20F5N3O2. The Balaban J connectivity index is 1.82. The molecule has 1 aliphatic rings. The first-order valence-corrected chi connectivity index (χ1v) is 9.01. The number of amides is 1. The van der Waals surface area contributed by atoms with E-state index >= 15 is 0 Å². The first kappa shape index (κ1) is 21.2. The van der Waals surface area contributed by atoms with Crippen LogP contribution in [0.5, 0.6) is 0 Å². The van der Waals surface area contributed by atoms with Crippen molar-refractivity contribution in [1.82, 2.24) is 14.7 Å². The van der Waals surface area contributed by atoms with Gasteiger partial charge in [0.05, 0.1) is 0 Å². The topological polar surface area (TPSA) is 58.4 Å². The van der Waals surface area contributed by atoms with Crippen LogP contribution in [0.15, 0.2) is 30.5 Å². The normalized spacial score (nSPS) is 22.4. The van der Waals surface area contributed by atoms with Crippen molar-refractivity contribution in [3.63, 3.8) is 0 Å². The lowest BCUT2D eigenvalue weighted by molar-refractivity contribution is -0.250. The standard InChI is InChI=1S/C19H20F5N3O2/c1-11-10-26(17(28)18(2,29)19(22,23)24)8-6-13(11)15-5-7-25-27(15)16-4-3-12(20)9-14(16)21/h3-5,7,9,11,13,29H,6,8,10H2,1-2H3/t11-,13+,18-/m1/s1. The Kier molecular flexibility index (Phi) is 5.42. The van der Waals surface area contributed by atoms with Crippen LogP contribution in [0.25, 0.3) is 5.69 Å². The second kappa shape index (κ2) is 7.40. The molecule has 2 heterocycles. The number of aliphatic hydroxyl groups is 1. The largest absolute Gasteiger partial charge is 0.426 e. The molecule has 158 valence electrons. The third-order valence-corrected chi connectivity index (χ3v) is 5.35. The average Bonchev–Trinajstić information content (AvgIpc) is 3.09. The molecule has 1 aliphatic heterocycles. The molecule has 1 fully saturated rings. The zero-order valence-corrected chi connectivity index (χ0v) is 15.7. The molecule has 1 saturated heterocycles. The van der Waals surface area contributed by atoms with Crippen molar-refractivity contribution in [2.75, 3.05) is 13.1 Å². The number of hydrogen-bond donors (Lipinski definition) is 1. The van der Waals surface area contributed by atoms with Gasteiger partial charge in [-0.2, -0.15) is 18.3 Å². The average molecular weight is 417 g/mol. The summed E-state index contributed by atoms with van der Waals surface area (Å²) >= 11 is 0. The van der Waals surface area contributed by atoms with Gasteiger partial charge in [-0.15, -0.1) is 0 Å². The quantitative estimate of drug-likeness (QED) is 0.779. The van der Waals surface area contributed by atoms with Gasteiger partial charge < -0.3 is 10.0 Å². The lowest BCUT2D eigenvalue weighted by Gasteiger charge is -2.40. The van der Waals surface area contributed by atoms with Gasteiger partial charge in [0.15, 0.2) is 5.82 Å². The molecule has 0 saturated carbocycles. The van der Waals surface area contributed by atoms with Gasteiger partial charge in [-0.25, -0.2) is 13.5 Å². The summed E-state index contributed by atoms with van der Waals surface area (Å²) in [5, 5.41) is 13.7. The second-order valence-corrected chi connectivity index (χ2v) is 7.46. The predicted molar refractivity (Wildman–Crippen MR) is 93.3 cm³/mol. The highest BCUT2D eigenvalue weighted by molar-refractivity contribution is 5.85. The molecule has 0 unspecified atom stereocenters. The molecule has 1 N–H and O–H groups in total. The van der Waals surface area contributed by atoms with Crippen molar-refractivity contribution in [1.29, 1.82) is 0 Å². The summed E-state index contributed by atoms with van der Waals surface area (Å²) in [6, 6.07) is 4.76. The van der Waals surface area contributed by atoms with E-state index in [0.717, 1.165) is 17.0 Å². The van der Waals surface area contributed by atoms with E-state index in [1.54, 1.807) is 13.0 Å². The van der Waals surface area contributed by atoms with E-state index in [1.807, 2.05) is 0 Å². The van der Waals surface area contributed by atoms with Gasteiger partial charge in [0.25, 0.3) is 5.91 Å². The Morgan fingerprint density at radius 3 is 2.52 bits per heavy atom. The molecule has 1 aromatic carbocycles. The summed E-state index contributed by atoms with van der Waals surface area (Å²) < 4.78 is 67.6. The maximum absolute atomic E-state index is 14.2. The van der Waals surface area contributed by atoms with Gasteiger partial charge in [-0.05, 0) is 37.5 Å². The molecule has 0 aliphatic carbocycles. The molecule has 3 rings (SSSR count). The van der Waals surface area contributed by atoms with Gasteiger partial charge in [0, 0.05) is 37.0 Å². The van der Waals surface area contributed by atoms with Crippen LogP contribution in [0, 0.1) is 17.6 Å². The highest BCUT2D eigenvalue weighted by Crippen LogP contribution is 2.37. The van der Waals surface area contributed by atoms with Gasteiger partial charge >= 0.3 is 6.18 Å². The van der Waals surface area contributed by atoms with Gasteiger partial charge in [-0.3, -0.25) is 4.79 Å². The maximum Gasteiger partial charge on any atom is 0.426 e. The fraction of sp³-hybridized carbons (Fsp3) is 0.474. The van der Waals surface area contributed by atoms with Crippen LogP contribution in [0.4, 0.5) is 22.0 Å². The summed E-state index contributed by atoms with van der Waals surface area (Å²) in [6.07, 6.45) is -3.32. The highest BCUT2D eigenvalue weighted by Gasteiger charge is 2.57. The Hall–Kier alpha value is -2.49. The molecule has 29 heavy (non-hydrogen) atoms. The van der Waals surface area contributed by atoms with Gasteiger partial charge in [0.1, 0.15) is 11.5 Å². The second-order valence-electron chi connectivity index (χ2n) is 7.46. The molecule has 5 nitrogen and oxygen atoms in total. The minimum atomic E-state index is -5.08. The summed E-state index contributed by atoms with van der Waals surface area (Å²) in [5.74, 6) is -3.42. The Bertz CT molecular complexity index is 909. The highest BCUT2D eigenvalue weighted by atomic mass is 19.4. The third-order valence-electron chi connectivity index (χ3n) is 5.35. The molecule has 0 bridgehead atoms. The Morgan fingerprint density at radius 1 is 1.24 bits per heavy atom. The third kappa shape index (κ3) is 3.85. The van der Waals surface area contributed by atoms with Crippen LogP contribution >= 0.6 is 0 Å². The number of benzene rings is 1. The first-order valence-electron chi connectivity index (χ1n) is 9.01. The smallest absolute Gasteiger partial charge is 0.373 e. The lowest BCUT2D eigenvalue weighted by Crippen LogP contribution is -2.58. The van der Waals surface area contributed by atoms with E-state index < -0.39 is 29.3 Å². The fourth-order valence-electron chi connectivity index (χ4n) is 3.65. The molecule has 2 aromatic rings. The number of hydrogen-bond acceptors (Lipinski definition) is 3. The molecule has 1 aromatic heterocycles. The first-order chi connectivity index (χ1) is 13.4. The molecule has 0 spiro atoms. The number of rotatable bonds is 3. The van der Waals surface area contributed by atoms with Gasteiger partial charge in [0.2, 0.25) is 5.60 Å². The zero-order chi connectivity index (χ0) is 21.6. The number of halogens is 5. The summed E-state index contributed by atoms with van der Waals surface area (Å²) in [5.41, 5.74) is -2.80. The van der Waals surface area contributed by atoms with E-state index in [9.17, 15) is 31.9 Å². The van der Waals surface area contributed by atoms with E-state index in [4.69, 9.17) is 0 Å². The summed E-state index contributed by atoms with van der Waals surface area (Å²) in [7, 11) is 0. The molecule has 10 heteroatoms. The number of piperidine rings is 1. The van der Waals surface area contributed by atoms with E-state index in [-0.39, 0.29) is 30.6 Å². The van der Waals surface area contributed by atoms with Crippen LogP contribution in [-0.4, -0.2) is 50.6 Å².